The van der Waals surface area contributed by atoms with Crippen LogP contribution in [0.1, 0.15) is 5.56 Å². The van der Waals surface area contributed by atoms with Crippen LogP contribution in [-0.4, -0.2) is 4.98 Å². The standard InChI is InChI=1S/C16H13F2N3/c1-8-2-4-10-12(15(8)19)7-14(21-16(10)20)11-5-3-9(17)6-13(11)18/h2-7H,19H2,1H3,(H2,20,21). The van der Waals surface area contributed by atoms with Crippen LogP contribution in [0.2, 0.25) is 0 Å². The highest BCUT2D eigenvalue weighted by atomic mass is 19.1. The van der Waals surface area contributed by atoms with Crippen LogP contribution in [0, 0.1) is 18.6 Å². The van der Waals surface area contributed by atoms with E-state index in [9.17, 15) is 8.78 Å². The fraction of sp³-hybridized carbons (Fsp3) is 0.0625. The molecule has 0 aliphatic heterocycles. The van der Waals surface area contributed by atoms with Gasteiger partial charge in [-0.3, -0.25) is 0 Å². The van der Waals surface area contributed by atoms with Gasteiger partial charge >= 0.3 is 0 Å². The minimum absolute atomic E-state index is 0.186. The summed E-state index contributed by atoms with van der Waals surface area (Å²) in [4.78, 5) is 4.19. The minimum atomic E-state index is -0.688. The number of benzene rings is 2. The van der Waals surface area contributed by atoms with Crippen LogP contribution in [0.3, 0.4) is 0 Å². The first-order valence-corrected chi connectivity index (χ1v) is 6.38. The van der Waals surface area contributed by atoms with Gasteiger partial charge in [0.05, 0.1) is 5.69 Å². The van der Waals surface area contributed by atoms with Gasteiger partial charge in [0.15, 0.2) is 0 Å². The molecule has 0 amide bonds. The van der Waals surface area contributed by atoms with Gasteiger partial charge in [-0.15, -0.1) is 0 Å². The fourth-order valence-electron chi connectivity index (χ4n) is 2.32. The van der Waals surface area contributed by atoms with E-state index in [1.54, 1.807) is 6.07 Å². The number of aromatic nitrogens is 1. The Balaban J connectivity index is 2.31. The number of anilines is 2. The maximum Gasteiger partial charge on any atom is 0.135 e. The van der Waals surface area contributed by atoms with E-state index in [2.05, 4.69) is 4.98 Å². The first-order valence-electron chi connectivity index (χ1n) is 6.38. The number of halogens is 2. The van der Waals surface area contributed by atoms with E-state index in [4.69, 9.17) is 11.5 Å². The lowest BCUT2D eigenvalue weighted by atomic mass is 10.0. The molecule has 0 spiro atoms. The van der Waals surface area contributed by atoms with Gasteiger partial charge in [0.1, 0.15) is 17.5 Å². The first-order chi connectivity index (χ1) is 9.97. The second-order valence-corrected chi connectivity index (χ2v) is 4.91. The SMILES string of the molecule is Cc1ccc2c(N)nc(-c3ccc(F)cc3F)cc2c1N. The van der Waals surface area contributed by atoms with Crippen LogP contribution in [0.15, 0.2) is 36.4 Å². The third-order valence-electron chi connectivity index (χ3n) is 3.51. The Labute approximate surface area is 120 Å². The van der Waals surface area contributed by atoms with E-state index in [1.165, 1.54) is 12.1 Å². The molecule has 2 aromatic carbocycles. The summed E-state index contributed by atoms with van der Waals surface area (Å²) >= 11 is 0. The molecule has 5 heteroatoms. The Morgan fingerprint density at radius 3 is 2.43 bits per heavy atom. The molecule has 0 aliphatic rings. The van der Waals surface area contributed by atoms with Crippen molar-refractivity contribution in [3.05, 3.63) is 53.6 Å². The number of nitrogens with two attached hydrogens (primary N) is 2. The first kappa shape index (κ1) is 13.3. The summed E-state index contributed by atoms with van der Waals surface area (Å²) in [6.45, 7) is 1.88. The smallest absolute Gasteiger partial charge is 0.135 e. The summed E-state index contributed by atoms with van der Waals surface area (Å²) in [5.74, 6) is -1.06. The summed E-state index contributed by atoms with van der Waals surface area (Å²) in [7, 11) is 0. The zero-order valence-electron chi connectivity index (χ0n) is 11.3. The van der Waals surface area contributed by atoms with Gasteiger partial charge < -0.3 is 11.5 Å². The number of nitrogen functional groups attached to an aromatic ring is 2. The second-order valence-electron chi connectivity index (χ2n) is 4.91. The summed E-state index contributed by atoms with van der Waals surface area (Å²) in [6, 6.07) is 8.69. The van der Waals surface area contributed by atoms with Crippen LogP contribution in [0.25, 0.3) is 22.0 Å². The van der Waals surface area contributed by atoms with Crippen molar-refractivity contribution in [1.82, 2.24) is 4.98 Å². The van der Waals surface area contributed by atoms with E-state index in [0.29, 0.717) is 22.2 Å². The molecule has 0 aliphatic carbocycles. The lowest BCUT2D eigenvalue weighted by molar-refractivity contribution is 0.585. The summed E-state index contributed by atoms with van der Waals surface area (Å²) in [6.07, 6.45) is 0. The Morgan fingerprint density at radius 1 is 0.952 bits per heavy atom. The van der Waals surface area contributed by atoms with Crippen molar-refractivity contribution >= 4 is 22.3 Å². The van der Waals surface area contributed by atoms with Gasteiger partial charge in [0.2, 0.25) is 0 Å². The maximum absolute atomic E-state index is 13.9. The predicted octanol–water partition coefficient (Wildman–Crippen LogP) is 3.65. The van der Waals surface area contributed by atoms with E-state index in [1.807, 2.05) is 19.1 Å². The largest absolute Gasteiger partial charge is 0.398 e. The number of aryl methyl sites for hydroxylation is 1. The molecule has 1 heterocycles. The van der Waals surface area contributed by atoms with Crippen molar-refractivity contribution in [2.45, 2.75) is 6.92 Å². The highest BCUT2D eigenvalue weighted by molar-refractivity contribution is 6.01. The van der Waals surface area contributed by atoms with E-state index >= 15 is 0 Å². The molecule has 21 heavy (non-hydrogen) atoms. The number of hydrogen-bond acceptors (Lipinski definition) is 3. The highest BCUT2D eigenvalue weighted by Gasteiger charge is 2.12. The second kappa shape index (κ2) is 4.70. The molecule has 1 aromatic heterocycles. The Kier molecular flexibility index (Phi) is 2.97. The monoisotopic (exact) mass is 285 g/mol. The average molecular weight is 285 g/mol. The van der Waals surface area contributed by atoms with E-state index in [-0.39, 0.29) is 11.4 Å². The molecule has 106 valence electrons. The van der Waals surface area contributed by atoms with Gasteiger partial charge in [-0.25, -0.2) is 13.8 Å². The molecule has 3 nitrogen and oxygen atoms in total. The van der Waals surface area contributed by atoms with Crippen molar-refractivity contribution in [1.29, 1.82) is 0 Å². The van der Waals surface area contributed by atoms with Gasteiger partial charge in [-0.05, 0) is 30.7 Å². The number of hydrogen-bond donors (Lipinski definition) is 2. The van der Waals surface area contributed by atoms with Crippen LogP contribution in [0.5, 0.6) is 0 Å². The van der Waals surface area contributed by atoms with Crippen molar-refractivity contribution in [2.75, 3.05) is 11.5 Å². The topological polar surface area (TPSA) is 64.9 Å². The zero-order chi connectivity index (χ0) is 15.1. The van der Waals surface area contributed by atoms with Crippen molar-refractivity contribution in [2.24, 2.45) is 0 Å². The predicted molar refractivity (Wildman–Crippen MR) is 80.7 cm³/mol. The van der Waals surface area contributed by atoms with Gasteiger partial charge in [-0.1, -0.05) is 12.1 Å². The lowest BCUT2D eigenvalue weighted by Crippen LogP contribution is -1.99. The van der Waals surface area contributed by atoms with Gasteiger partial charge in [-0.2, -0.15) is 0 Å². The van der Waals surface area contributed by atoms with Gasteiger partial charge in [0.25, 0.3) is 0 Å². The average Bonchev–Trinajstić information content (AvgIpc) is 2.43. The zero-order valence-corrected chi connectivity index (χ0v) is 11.3. The van der Waals surface area contributed by atoms with Crippen LogP contribution in [-0.2, 0) is 0 Å². The highest BCUT2D eigenvalue weighted by Crippen LogP contribution is 2.32. The molecule has 0 saturated heterocycles. The van der Waals surface area contributed by atoms with Crippen molar-refractivity contribution in [3.8, 4) is 11.3 Å². The molecule has 3 aromatic rings. The summed E-state index contributed by atoms with van der Waals surface area (Å²) in [5, 5.41) is 1.42. The fourth-order valence-corrected chi connectivity index (χ4v) is 2.32. The Hall–Kier alpha value is -2.69. The third kappa shape index (κ3) is 2.16. The molecule has 0 atom stereocenters. The third-order valence-corrected chi connectivity index (χ3v) is 3.51. The molecule has 0 unspecified atom stereocenters. The van der Waals surface area contributed by atoms with Crippen LogP contribution in [0.4, 0.5) is 20.3 Å². The Bertz CT molecular complexity index is 860. The number of fused-ring (bicyclic) bond motifs is 1. The van der Waals surface area contributed by atoms with Crippen LogP contribution < -0.4 is 11.5 Å². The molecule has 0 saturated carbocycles. The lowest BCUT2D eigenvalue weighted by Gasteiger charge is -2.10. The quantitative estimate of drug-likeness (QED) is 0.671. The maximum atomic E-state index is 13.9. The molecule has 0 radical (unpaired) electrons. The van der Waals surface area contributed by atoms with E-state index in [0.717, 1.165) is 11.6 Å². The van der Waals surface area contributed by atoms with Crippen molar-refractivity contribution in [3.63, 3.8) is 0 Å². The van der Waals surface area contributed by atoms with Crippen molar-refractivity contribution < 1.29 is 8.78 Å². The van der Waals surface area contributed by atoms with E-state index < -0.39 is 11.6 Å². The number of nitrogens with zero attached hydrogens (tertiary/aromatic N) is 1. The molecular formula is C16H13F2N3. The number of pyridine rings is 1. The summed E-state index contributed by atoms with van der Waals surface area (Å²) < 4.78 is 26.9. The minimum Gasteiger partial charge on any atom is -0.398 e. The van der Waals surface area contributed by atoms with Crippen LogP contribution >= 0.6 is 0 Å². The summed E-state index contributed by atoms with van der Waals surface area (Å²) in [5.41, 5.74) is 14.0. The molecular weight excluding hydrogens is 272 g/mol. The number of rotatable bonds is 1. The molecule has 0 fully saturated rings. The molecule has 4 N–H and O–H groups in total. The van der Waals surface area contributed by atoms with Gasteiger partial charge in [0, 0.05) is 28.1 Å². The normalized spacial score (nSPS) is 11.0. The molecule has 0 bridgehead atoms. The molecule has 3 rings (SSSR count). The Morgan fingerprint density at radius 2 is 1.71 bits per heavy atom.